The molecule has 1 heterocycles. The van der Waals surface area contributed by atoms with Gasteiger partial charge in [-0.2, -0.15) is 0 Å². The lowest BCUT2D eigenvalue weighted by atomic mass is 9.98. The maximum Gasteiger partial charge on any atom is 0.306 e. The number of carbonyl (C=O) groups is 2. The molecule has 272 valence electrons. The van der Waals surface area contributed by atoms with Gasteiger partial charge >= 0.3 is 5.97 Å². The Balaban J connectivity index is 2.11. The number of esters is 1. The van der Waals surface area contributed by atoms with Crippen LogP contribution in [0.4, 0.5) is 0 Å². The van der Waals surface area contributed by atoms with Gasteiger partial charge in [0.25, 0.3) is 3.79 Å². The molecule has 1 saturated heterocycles. The fourth-order valence-corrected chi connectivity index (χ4v) is 12.1. The van der Waals surface area contributed by atoms with Crippen LogP contribution in [0.3, 0.4) is 0 Å². The molecule has 5 atom stereocenters. The van der Waals surface area contributed by atoms with Crippen molar-refractivity contribution in [1.29, 1.82) is 5.41 Å². The summed E-state index contributed by atoms with van der Waals surface area (Å²) in [6, 6.07) is 19.1. The largest absolute Gasteiger partial charge is 0.453 e. The van der Waals surface area contributed by atoms with Gasteiger partial charge in [-0.05, 0) is 34.7 Å². The molecular formula is C36H50Cl3NO8Si. The summed E-state index contributed by atoms with van der Waals surface area (Å²) in [6.07, 6.45) is -5.57. The number of rotatable bonds is 17. The van der Waals surface area contributed by atoms with Gasteiger partial charge < -0.3 is 32.9 Å². The first kappa shape index (κ1) is 41.4. The minimum absolute atomic E-state index is 0.0197. The molecule has 0 unspecified atom stereocenters. The molecule has 2 aromatic rings. The first-order valence-corrected chi connectivity index (χ1v) is 19.9. The van der Waals surface area contributed by atoms with Crippen molar-refractivity contribution in [2.75, 3.05) is 6.61 Å². The maximum absolute atomic E-state index is 13.2. The molecule has 0 aromatic heterocycles. The van der Waals surface area contributed by atoms with Crippen LogP contribution in [0.5, 0.6) is 0 Å². The SMILES string of the molecule is CC(=O)CCC(=O)O[C@@H]1[C@@H](OC(=N)C(Cl)(Cl)Cl)O[C@H](CO[Si](C(C)C)(C(C)C)C(C)C)[C@@H](OCc2ccccc2)[C@@H]1OCc1ccccc1. The zero-order valence-electron chi connectivity index (χ0n) is 29.3. The number of ketones is 1. The van der Waals surface area contributed by atoms with E-state index in [0.717, 1.165) is 11.1 Å². The van der Waals surface area contributed by atoms with Gasteiger partial charge in [-0.15, -0.1) is 0 Å². The average Bonchev–Trinajstić information content (AvgIpc) is 3.03. The topological polar surface area (TPSA) is 113 Å². The van der Waals surface area contributed by atoms with Crippen molar-refractivity contribution in [3.8, 4) is 0 Å². The minimum atomic E-state index is -2.41. The number of hydrogen-bond donors (Lipinski definition) is 1. The highest BCUT2D eigenvalue weighted by atomic mass is 35.6. The van der Waals surface area contributed by atoms with E-state index in [9.17, 15) is 9.59 Å². The van der Waals surface area contributed by atoms with Gasteiger partial charge in [0, 0.05) is 6.42 Å². The molecule has 9 nitrogen and oxygen atoms in total. The molecule has 0 amide bonds. The second kappa shape index (κ2) is 19.0. The Hall–Kier alpha value is -2.02. The van der Waals surface area contributed by atoms with E-state index in [2.05, 4.69) is 41.5 Å². The summed E-state index contributed by atoms with van der Waals surface area (Å²) < 4.78 is 36.3. The molecule has 1 aliphatic rings. The predicted octanol–water partition coefficient (Wildman–Crippen LogP) is 8.72. The standard InChI is InChI=1S/C36H50Cl3NO8Si/c1-23(2)49(24(3)4,25(5)6)45-22-29-31(43-20-27-14-10-8-11-15-27)32(44-21-28-16-12-9-13-17-28)33(47-30(42)19-18-26(7)41)34(46-29)48-35(40)36(37,38)39/h8-17,23-25,29,31-34,40H,18-22H2,1-7H3/t29-,31-,32+,33+,34-/m1/s1. The molecule has 13 heteroatoms. The van der Waals surface area contributed by atoms with Crippen molar-refractivity contribution >= 4 is 60.8 Å². The number of hydrogen-bond acceptors (Lipinski definition) is 9. The van der Waals surface area contributed by atoms with E-state index in [4.69, 9.17) is 68.3 Å². The minimum Gasteiger partial charge on any atom is -0.453 e. The maximum atomic E-state index is 13.2. The molecule has 0 bridgehead atoms. The van der Waals surface area contributed by atoms with Crippen molar-refractivity contribution in [2.45, 2.75) is 126 Å². The van der Waals surface area contributed by atoms with Crippen LogP contribution in [-0.4, -0.2) is 67.1 Å². The number of ether oxygens (including phenoxy) is 5. The average molecular weight is 759 g/mol. The third kappa shape index (κ3) is 11.8. The van der Waals surface area contributed by atoms with Gasteiger partial charge in [0.2, 0.25) is 12.2 Å². The van der Waals surface area contributed by atoms with Crippen LogP contribution in [0.2, 0.25) is 16.6 Å². The molecule has 0 spiro atoms. The van der Waals surface area contributed by atoms with Crippen LogP contribution in [0, 0.1) is 5.41 Å². The van der Waals surface area contributed by atoms with Crippen LogP contribution < -0.4 is 0 Å². The fourth-order valence-electron chi connectivity index (χ4n) is 6.56. The lowest BCUT2D eigenvalue weighted by Crippen LogP contribution is -2.63. The van der Waals surface area contributed by atoms with Crippen LogP contribution in [0.25, 0.3) is 0 Å². The van der Waals surface area contributed by atoms with Crippen LogP contribution in [0.1, 0.15) is 72.4 Å². The summed E-state index contributed by atoms with van der Waals surface area (Å²) in [4.78, 5) is 24.9. The second-order valence-corrected chi connectivity index (χ2v) is 21.0. The highest BCUT2D eigenvalue weighted by Crippen LogP contribution is 2.43. The number of nitrogens with one attached hydrogen (secondary N) is 1. The third-order valence-electron chi connectivity index (χ3n) is 8.81. The number of alkyl halides is 3. The number of carbonyl (C=O) groups excluding carboxylic acids is 2. The Bertz CT molecular complexity index is 1320. The molecule has 0 radical (unpaired) electrons. The number of halogens is 3. The molecule has 3 rings (SSSR count). The van der Waals surface area contributed by atoms with E-state index in [1.54, 1.807) is 0 Å². The summed E-state index contributed by atoms with van der Waals surface area (Å²) in [6.45, 7) is 15.0. The van der Waals surface area contributed by atoms with Crippen molar-refractivity contribution in [3.05, 3.63) is 71.8 Å². The van der Waals surface area contributed by atoms with Gasteiger partial charge in [-0.3, -0.25) is 10.2 Å². The second-order valence-electron chi connectivity index (χ2n) is 13.3. The fraction of sp³-hybridized carbons (Fsp3) is 0.583. The summed E-state index contributed by atoms with van der Waals surface area (Å²) in [5.74, 6) is -1.59. The van der Waals surface area contributed by atoms with Gasteiger partial charge in [0.05, 0.1) is 26.2 Å². The molecular weight excluding hydrogens is 709 g/mol. The molecule has 0 saturated carbocycles. The predicted molar refractivity (Wildman–Crippen MR) is 195 cm³/mol. The van der Waals surface area contributed by atoms with E-state index in [0.29, 0.717) is 0 Å². The first-order valence-electron chi connectivity index (χ1n) is 16.7. The lowest BCUT2D eigenvalue weighted by molar-refractivity contribution is -0.303. The Morgan fingerprint density at radius 3 is 1.71 bits per heavy atom. The quantitative estimate of drug-likeness (QED) is 0.0561. The normalized spacial score (nSPS) is 21.6. The van der Waals surface area contributed by atoms with Gasteiger partial charge in [0.1, 0.15) is 24.1 Å². The van der Waals surface area contributed by atoms with Crippen molar-refractivity contribution in [1.82, 2.24) is 0 Å². The Morgan fingerprint density at radius 2 is 1.27 bits per heavy atom. The molecule has 1 fully saturated rings. The number of benzene rings is 2. The molecule has 1 N–H and O–H groups in total. The van der Waals surface area contributed by atoms with Crippen molar-refractivity contribution in [2.24, 2.45) is 0 Å². The van der Waals surface area contributed by atoms with Crippen LogP contribution in [0.15, 0.2) is 60.7 Å². The van der Waals surface area contributed by atoms with Gasteiger partial charge in [-0.25, -0.2) is 0 Å². The third-order valence-corrected chi connectivity index (χ3v) is 15.4. The van der Waals surface area contributed by atoms with E-state index < -0.39 is 54.7 Å². The van der Waals surface area contributed by atoms with Crippen molar-refractivity contribution < 1.29 is 37.7 Å². The monoisotopic (exact) mass is 757 g/mol. The zero-order chi connectivity index (χ0) is 36.4. The Morgan fingerprint density at radius 1 is 0.776 bits per heavy atom. The summed E-state index contributed by atoms with van der Waals surface area (Å²) in [5.41, 5.74) is 2.62. The van der Waals surface area contributed by atoms with Gasteiger partial charge in [-0.1, -0.05) is 137 Å². The first-order chi connectivity index (χ1) is 23.1. The highest BCUT2D eigenvalue weighted by molar-refractivity contribution is 6.77. The summed E-state index contributed by atoms with van der Waals surface area (Å²) >= 11 is 18.1. The zero-order valence-corrected chi connectivity index (χ0v) is 32.6. The molecule has 49 heavy (non-hydrogen) atoms. The van der Waals surface area contributed by atoms with E-state index in [1.807, 2.05) is 60.7 Å². The lowest BCUT2D eigenvalue weighted by Gasteiger charge is -2.48. The molecule has 2 aromatic carbocycles. The summed E-state index contributed by atoms with van der Waals surface area (Å²) in [7, 11) is -2.41. The van der Waals surface area contributed by atoms with Crippen LogP contribution >= 0.6 is 34.8 Å². The number of Topliss-reactive ketones (excluding diaryl/α,β-unsaturated/α-hetero) is 1. The highest BCUT2D eigenvalue weighted by Gasteiger charge is 2.53. The van der Waals surface area contributed by atoms with Crippen molar-refractivity contribution in [3.63, 3.8) is 0 Å². The van der Waals surface area contributed by atoms with E-state index >= 15 is 0 Å². The molecule has 0 aliphatic carbocycles. The van der Waals surface area contributed by atoms with E-state index in [1.165, 1.54) is 6.92 Å². The smallest absolute Gasteiger partial charge is 0.306 e. The van der Waals surface area contributed by atoms with E-state index in [-0.39, 0.29) is 55.1 Å². The Kier molecular flexibility index (Phi) is 16.0. The Labute approximate surface area is 306 Å². The van der Waals surface area contributed by atoms with Crippen LogP contribution in [-0.2, 0) is 50.9 Å². The van der Waals surface area contributed by atoms with Gasteiger partial charge in [0.15, 0.2) is 14.4 Å². The summed E-state index contributed by atoms with van der Waals surface area (Å²) in [5, 5.41) is 8.39. The molecule has 1 aliphatic heterocycles.